The van der Waals surface area contributed by atoms with E-state index in [-0.39, 0.29) is 25.4 Å². The molecule has 2 N–H and O–H groups in total. The molecular weight excluding hydrogens is 416 g/mol. The van der Waals surface area contributed by atoms with Crippen LogP contribution in [0.15, 0.2) is 36.9 Å². The van der Waals surface area contributed by atoms with Gasteiger partial charge in [-0.25, -0.2) is 24.2 Å². The number of carboxylic acid groups (broad SMARTS) is 1. The zero-order valence-electron chi connectivity index (χ0n) is 17.0. The molecule has 0 bridgehead atoms. The van der Waals surface area contributed by atoms with E-state index in [4.69, 9.17) is 10.00 Å². The maximum absolute atomic E-state index is 11.8. The molecule has 3 heterocycles. The van der Waals surface area contributed by atoms with Gasteiger partial charge in [-0.15, -0.1) is 0 Å². The molecule has 4 rings (SSSR count). The van der Waals surface area contributed by atoms with Crippen molar-refractivity contribution >= 4 is 12.1 Å². The van der Waals surface area contributed by atoms with E-state index in [2.05, 4.69) is 15.1 Å². The molecule has 32 heavy (non-hydrogen) atoms. The molecule has 1 amide bonds. The second-order valence-corrected chi connectivity index (χ2v) is 7.23. The van der Waals surface area contributed by atoms with Gasteiger partial charge in [0.1, 0.15) is 12.7 Å². The lowest BCUT2D eigenvalue weighted by Gasteiger charge is -2.23. The van der Waals surface area contributed by atoms with Crippen LogP contribution in [-0.4, -0.2) is 53.5 Å². The summed E-state index contributed by atoms with van der Waals surface area (Å²) in [5, 5.41) is 33.3. The predicted molar refractivity (Wildman–Crippen MR) is 108 cm³/mol. The highest BCUT2D eigenvalue weighted by atomic mass is 16.5. The average molecular weight is 434 g/mol. The molecule has 0 fully saturated rings. The number of cyclic esters (lactones) is 1. The minimum absolute atomic E-state index is 0.0122. The van der Waals surface area contributed by atoms with Crippen molar-refractivity contribution in [2.45, 2.75) is 26.2 Å². The van der Waals surface area contributed by atoms with Crippen molar-refractivity contribution in [3.05, 3.63) is 70.4 Å². The first-order chi connectivity index (χ1) is 15.4. The lowest BCUT2D eigenvalue weighted by molar-refractivity contribution is 0.0534. The van der Waals surface area contributed by atoms with Crippen LogP contribution in [0.4, 0.5) is 4.79 Å². The quantitative estimate of drug-likeness (QED) is 0.552. The molecule has 11 nitrogen and oxygen atoms in total. The van der Waals surface area contributed by atoms with E-state index in [9.17, 15) is 19.8 Å². The van der Waals surface area contributed by atoms with Crippen molar-refractivity contribution in [3.63, 3.8) is 0 Å². The number of aromatic nitrogens is 4. The van der Waals surface area contributed by atoms with E-state index in [1.807, 2.05) is 6.07 Å². The summed E-state index contributed by atoms with van der Waals surface area (Å²) in [6.07, 6.45) is 3.50. The van der Waals surface area contributed by atoms with E-state index in [0.29, 0.717) is 33.6 Å². The number of carbonyl (C=O) groups is 2. The Balaban J connectivity index is 1.49. The Hall–Kier alpha value is -4.30. The highest BCUT2D eigenvalue weighted by molar-refractivity contribution is 5.93. The van der Waals surface area contributed by atoms with E-state index in [1.165, 1.54) is 23.3 Å². The first-order valence-corrected chi connectivity index (χ1v) is 9.59. The Morgan fingerprint density at radius 2 is 2.16 bits per heavy atom. The number of amides is 1. The summed E-state index contributed by atoms with van der Waals surface area (Å²) < 4.78 is 6.45. The molecule has 162 valence electrons. The number of hydrogen-bond acceptors (Lipinski definition) is 8. The largest absolute Gasteiger partial charge is 0.465 e. The van der Waals surface area contributed by atoms with Gasteiger partial charge in [-0.2, -0.15) is 10.4 Å². The van der Waals surface area contributed by atoms with Crippen molar-refractivity contribution in [1.29, 1.82) is 5.26 Å². The summed E-state index contributed by atoms with van der Waals surface area (Å²) in [5.41, 5.74) is 3.17. The molecule has 1 aliphatic rings. The highest BCUT2D eigenvalue weighted by Gasteiger charge is 2.27. The molecule has 0 unspecified atom stereocenters. The molecule has 0 saturated heterocycles. The standard InChI is InChI=1S/C21H18N6O5/c1-12-15(2-3-16-17(12)11-32-20(16)29)18(28)10-26(21(30)31)8-13-5-25-27(9-13)19-7-23-14(4-22)6-24-19/h2-3,5-7,9,18,28H,8,10-11H2,1H3,(H,30,31)/t18-/m0/s1. The SMILES string of the molecule is Cc1c([C@@H](O)CN(Cc2cnn(-c3cnc(C#N)cn3)c2)C(=O)O)ccc2c1COC2=O. The highest BCUT2D eigenvalue weighted by Crippen LogP contribution is 2.29. The van der Waals surface area contributed by atoms with Gasteiger partial charge in [0.2, 0.25) is 0 Å². The predicted octanol–water partition coefficient (Wildman–Crippen LogP) is 1.73. The maximum Gasteiger partial charge on any atom is 0.407 e. The molecule has 1 aromatic carbocycles. The van der Waals surface area contributed by atoms with E-state index in [1.54, 1.807) is 25.3 Å². The molecule has 1 aliphatic heterocycles. The fourth-order valence-electron chi connectivity index (χ4n) is 3.53. The zero-order valence-corrected chi connectivity index (χ0v) is 17.0. The summed E-state index contributed by atoms with van der Waals surface area (Å²) in [4.78, 5) is 32.6. The van der Waals surface area contributed by atoms with Crippen LogP contribution in [-0.2, 0) is 17.9 Å². The van der Waals surface area contributed by atoms with Gasteiger partial charge in [0.15, 0.2) is 11.5 Å². The normalized spacial score (nSPS) is 13.2. The van der Waals surface area contributed by atoms with Gasteiger partial charge < -0.3 is 19.8 Å². The minimum Gasteiger partial charge on any atom is -0.465 e. The van der Waals surface area contributed by atoms with Crippen LogP contribution >= 0.6 is 0 Å². The van der Waals surface area contributed by atoms with Gasteiger partial charge in [0.25, 0.3) is 0 Å². The molecule has 3 aromatic rings. The summed E-state index contributed by atoms with van der Waals surface area (Å²) in [6, 6.07) is 5.08. The third-order valence-electron chi connectivity index (χ3n) is 5.23. The lowest BCUT2D eigenvalue weighted by Crippen LogP contribution is -2.33. The Morgan fingerprint density at radius 3 is 2.84 bits per heavy atom. The van der Waals surface area contributed by atoms with Crippen LogP contribution in [0.1, 0.15) is 44.4 Å². The number of aliphatic hydroxyl groups is 1. The summed E-state index contributed by atoms with van der Waals surface area (Å²) in [7, 11) is 0. The maximum atomic E-state index is 11.8. The number of ether oxygens (including phenoxy) is 1. The third kappa shape index (κ3) is 3.99. The topological polar surface area (TPSA) is 154 Å². The number of nitriles is 1. The van der Waals surface area contributed by atoms with Crippen molar-refractivity contribution in [3.8, 4) is 11.9 Å². The molecule has 2 aromatic heterocycles. The molecule has 0 saturated carbocycles. The first-order valence-electron chi connectivity index (χ1n) is 9.59. The Morgan fingerprint density at radius 1 is 1.34 bits per heavy atom. The minimum atomic E-state index is -1.20. The van der Waals surface area contributed by atoms with Gasteiger partial charge in [0.05, 0.1) is 43.3 Å². The van der Waals surface area contributed by atoms with Crippen LogP contribution in [0.25, 0.3) is 5.82 Å². The Labute approximate surface area is 182 Å². The average Bonchev–Trinajstić information content (AvgIpc) is 3.41. The number of benzene rings is 1. The molecule has 0 radical (unpaired) electrons. The van der Waals surface area contributed by atoms with E-state index < -0.39 is 18.2 Å². The van der Waals surface area contributed by atoms with Crippen molar-refractivity contribution in [2.24, 2.45) is 0 Å². The second kappa shape index (κ2) is 8.44. The third-order valence-corrected chi connectivity index (χ3v) is 5.23. The molecular formula is C21H18N6O5. The van der Waals surface area contributed by atoms with Crippen molar-refractivity contribution < 1.29 is 24.5 Å². The Bertz CT molecular complexity index is 1230. The number of fused-ring (bicyclic) bond motifs is 1. The second-order valence-electron chi connectivity index (χ2n) is 7.23. The van der Waals surface area contributed by atoms with Gasteiger partial charge in [-0.3, -0.25) is 0 Å². The fourth-order valence-corrected chi connectivity index (χ4v) is 3.53. The van der Waals surface area contributed by atoms with Crippen molar-refractivity contribution in [1.82, 2.24) is 24.6 Å². The lowest BCUT2D eigenvalue weighted by atomic mass is 9.95. The number of carbonyl (C=O) groups excluding carboxylic acids is 1. The van der Waals surface area contributed by atoms with Crippen molar-refractivity contribution in [2.75, 3.05) is 6.54 Å². The monoisotopic (exact) mass is 434 g/mol. The number of hydrogen-bond donors (Lipinski definition) is 2. The molecule has 11 heteroatoms. The first kappa shape index (κ1) is 21.0. The fraction of sp³-hybridized carbons (Fsp3) is 0.238. The summed E-state index contributed by atoms with van der Waals surface area (Å²) in [6.45, 7) is 1.72. The number of aliphatic hydroxyl groups excluding tert-OH is 1. The number of rotatable bonds is 6. The Kier molecular flexibility index (Phi) is 5.53. The molecule has 0 aliphatic carbocycles. The van der Waals surface area contributed by atoms with Crippen LogP contribution in [0.2, 0.25) is 0 Å². The summed E-state index contributed by atoms with van der Waals surface area (Å²) >= 11 is 0. The van der Waals surface area contributed by atoms with Crippen LogP contribution in [0.5, 0.6) is 0 Å². The molecule has 1 atom stereocenters. The van der Waals surface area contributed by atoms with Gasteiger partial charge in [-0.05, 0) is 24.1 Å². The van der Waals surface area contributed by atoms with E-state index >= 15 is 0 Å². The van der Waals surface area contributed by atoms with Gasteiger partial charge >= 0.3 is 12.1 Å². The zero-order chi connectivity index (χ0) is 22.8. The number of nitrogens with zero attached hydrogens (tertiary/aromatic N) is 6. The smallest absolute Gasteiger partial charge is 0.407 e. The summed E-state index contributed by atoms with van der Waals surface area (Å²) in [5.74, 6) is -0.0250. The van der Waals surface area contributed by atoms with Gasteiger partial charge in [-0.1, -0.05) is 6.07 Å². The van der Waals surface area contributed by atoms with Gasteiger partial charge in [0, 0.05) is 17.3 Å². The van der Waals surface area contributed by atoms with Crippen LogP contribution < -0.4 is 0 Å². The molecule has 0 spiro atoms. The van der Waals surface area contributed by atoms with Crippen LogP contribution in [0, 0.1) is 18.3 Å². The van der Waals surface area contributed by atoms with E-state index in [0.717, 1.165) is 4.90 Å². The number of esters is 1. The van der Waals surface area contributed by atoms with Crippen LogP contribution in [0.3, 0.4) is 0 Å².